The number of nitrogens with zero attached hydrogens (tertiary/aromatic N) is 1. The van der Waals surface area contributed by atoms with Crippen LogP contribution in [0.5, 0.6) is 0 Å². The van der Waals surface area contributed by atoms with Crippen molar-refractivity contribution in [2.45, 2.75) is 58.9 Å². The lowest BCUT2D eigenvalue weighted by Gasteiger charge is -2.31. The van der Waals surface area contributed by atoms with E-state index in [1.807, 2.05) is 0 Å². The van der Waals surface area contributed by atoms with Gasteiger partial charge >= 0.3 is 0 Å². The van der Waals surface area contributed by atoms with Gasteiger partial charge in [0.2, 0.25) is 0 Å². The second-order valence-electron chi connectivity index (χ2n) is 5.93. The summed E-state index contributed by atoms with van der Waals surface area (Å²) in [4.78, 5) is 4.62. The van der Waals surface area contributed by atoms with Crippen LogP contribution < -0.4 is 5.73 Å². The van der Waals surface area contributed by atoms with E-state index in [4.69, 9.17) is 5.73 Å². The first-order chi connectivity index (χ1) is 8.60. The Morgan fingerprint density at radius 2 is 1.89 bits per heavy atom. The van der Waals surface area contributed by atoms with Crippen LogP contribution in [0.4, 0.5) is 0 Å². The maximum atomic E-state index is 6.43. The summed E-state index contributed by atoms with van der Waals surface area (Å²) in [6.45, 7) is 6.48. The molecule has 0 bridgehead atoms. The Balaban J connectivity index is 2.05. The van der Waals surface area contributed by atoms with Gasteiger partial charge in [-0.3, -0.25) is 4.98 Å². The molecule has 0 saturated heterocycles. The zero-order valence-corrected chi connectivity index (χ0v) is 11.9. The second-order valence-corrected chi connectivity index (χ2v) is 5.93. The first-order valence-electron chi connectivity index (χ1n) is 7.31. The Bertz CT molecular complexity index is 372. The summed E-state index contributed by atoms with van der Waals surface area (Å²) in [7, 11) is 0. The quantitative estimate of drug-likeness (QED) is 0.878. The lowest BCUT2D eigenvalue weighted by atomic mass is 9.77. The highest BCUT2D eigenvalue weighted by atomic mass is 14.8. The minimum Gasteiger partial charge on any atom is -0.322 e. The molecular weight excluding hydrogens is 220 g/mol. The third kappa shape index (κ3) is 3.11. The van der Waals surface area contributed by atoms with Crippen LogP contribution in [0.2, 0.25) is 0 Å². The van der Waals surface area contributed by atoms with Crippen LogP contribution >= 0.6 is 0 Å². The molecule has 0 spiro atoms. The molecular formula is C16H26N2. The minimum atomic E-state index is 0.126. The van der Waals surface area contributed by atoms with E-state index in [1.54, 1.807) is 0 Å². The SMILES string of the molecule is CCC1CCC(C(N)c2cc(C)cc(C)n2)CC1. The monoisotopic (exact) mass is 246 g/mol. The third-order valence-electron chi connectivity index (χ3n) is 4.44. The summed E-state index contributed by atoms with van der Waals surface area (Å²) < 4.78 is 0. The van der Waals surface area contributed by atoms with Crippen molar-refractivity contribution in [3.8, 4) is 0 Å². The van der Waals surface area contributed by atoms with Crippen LogP contribution in [0.1, 0.15) is 62.0 Å². The third-order valence-corrected chi connectivity index (χ3v) is 4.44. The largest absolute Gasteiger partial charge is 0.322 e. The van der Waals surface area contributed by atoms with E-state index in [0.29, 0.717) is 5.92 Å². The fourth-order valence-electron chi connectivity index (χ4n) is 3.24. The van der Waals surface area contributed by atoms with Crippen LogP contribution in [0.25, 0.3) is 0 Å². The molecule has 18 heavy (non-hydrogen) atoms. The number of hydrogen-bond donors (Lipinski definition) is 1. The van der Waals surface area contributed by atoms with Gasteiger partial charge in [-0.1, -0.05) is 26.2 Å². The maximum Gasteiger partial charge on any atom is 0.0579 e. The van der Waals surface area contributed by atoms with Crippen molar-refractivity contribution >= 4 is 0 Å². The smallest absolute Gasteiger partial charge is 0.0579 e. The number of nitrogens with two attached hydrogens (primary N) is 1. The molecule has 1 heterocycles. The van der Waals surface area contributed by atoms with Gasteiger partial charge in [0.25, 0.3) is 0 Å². The highest BCUT2D eigenvalue weighted by molar-refractivity contribution is 5.22. The average Bonchev–Trinajstić information content (AvgIpc) is 2.37. The van der Waals surface area contributed by atoms with Crippen LogP contribution in [-0.2, 0) is 0 Å². The highest BCUT2D eigenvalue weighted by Gasteiger charge is 2.26. The molecule has 2 nitrogen and oxygen atoms in total. The molecule has 0 amide bonds. The number of aryl methyl sites for hydroxylation is 2. The Kier molecular flexibility index (Phi) is 4.39. The van der Waals surface area contributed by atoms with Crippen molar-refractivity contribution in [1.82, 2.24) is 4.98 Å². The van der Waals surface area contributed by atoms with E-state index in [9.17, 15) is 0 Å². The molecule has 1 fully saturated rings. The topological polar surface area (TPSA) is 38.9 Å². The first-order valence-corrected chi connectivity index (χ1v) is 7.31. The van der Waals surface area contributed by atoms with Crippen LogP contribution in [0.15, 0.2) is 12.1 Å². The van der Waals surface area contributed by atoms with Crippen molar-refractivity contribution in [3.63, 3.8) is 0 Å². The summed E-state index contributed by atoms with van der Waals surface area (Å²) in [5.41, 5.74) is 9.88. The highest BCUT2D eigenvalue weighted by Crippen LogP contribution is 2.36. The second kappa shape index (κ2) is 5.83. The van der Waals surface area contributed by atoms with Crippen LogP contribution in [0.3, 0.4) is 0 Å². The molecule has 1 saturated carbocycles. The minimum absolute atomic E-state index is 0.126. The predicted molar refractivity (Wildman–Crippen MR) is 76.4 cm³/mol. The van der Waals surface area contributed by atoms with E-state index < -0.39 is 0 Å². The zero-order valence-electron chi connectivity index (χ0n) is 11.9. The van der Waals surface area contributed by atoms with E-state index >= 15 is 0 Å². The average molecular weight is 246 g/mol. The Labute approximate surface area is 111 Å². The van der Waals surface area contributed by atoms with Gasteiger partial charge in [-0.25, -0.2) is 0 Å². The van der Waals surface area contributed by atoms with Crippen LogP contribution in [-0.4, -0.2) is 4.98 Å². The maximum absolute atomic E-state index is 6.43. The number of hydrogen-bond acceptors (Lipinski definition) is 2. The summed E-state index contributed by atoms with van der Waals surface area (Å²) in [5.74, 6) is 1.56. The number of aromatic nitrogens is 1. The van der Waals surface area contributed by atoms with E-state index in [-0.39, 0.29) is 6.04 Å². The fraction of sp³-hybridized carbons (Fsp3) is 0.688. The van der Waals surface area contributed by atoms with Gasteiger partial charge in [0, 0.05) is 11.7 Å². The number of rotatable bonds is 3. The molecule has 2 N–H and O–H groups in total. The molecule has 2 heteroatoms. The zero-order chi connectivity index (χ0) is 13.1. The normalized spacial score (nSPS) is 26.0. The van der Waals surface area contributed by atoms with E-state index in [1.165, 1.54) is 37.7 Å². The van der Waals surface area contributed by atoms with Gasteiger partial charge in [-0.2, -0.15) is 0 Å². The molecule has 2 rings (SSSR count). The van der Waals surface area contributed by atoms with Gasteiger partial charge in [0.15, 0.2) is 0 Å². The van der Waals surface area contributed by atoms with Gasteiger partial charge in [-0.05, 0) is 56.2 Å². The van der Waals surface area contributed by atoms with Crippen molar-refractivity contribution in [2.24, 2.45) is 17.6 Å². The summed E-state index contributed by atoms with van der Waals surface area (Å²) >= 11 is 0. The van der Waals surface area contributed by atoms with E-state index in [0.717, 1.165) is 17.3 Å². The Morgan fingerprint density at radius 3 is 2.44 bits per heavy atom. The molecule has 1 aliphatic rings. The molecule has 0 radical (unpaired) electrons. The van der Waals surface area contributed by atoms with Gasteiger partial charge in [-0.15, -0.1) is 0 Å². The summed E-state index contributed by atoms with van der Waals surface area (Å²) in [6.07, 6.45) is 6.56. The standard InChI is InChI=1S/C16H26N2/c1-4-13-5-7-14(8-6-13)16(17)15-10-11(2)9-12(3)18-15/h9-10,13-14,16H,4-8,17H2,1-3H3. The number of pyridine rings is 1. The predicted octanol–water partition coefficient (Wildman–Crippen LogP) is 3.91. The summed E-state index contributed by atoms with van der Waals surface area (Å²) in [6, 6.07) is 4.40. The summed E-state index contributed by atoms with van der Waals surface area (Å²) in [5, 5.41) is 0. The lowest BCUT2D eigenvalue weighted by molar-refractivity contribution is 0.238. The molecule has 1 unspecified atom stereocenters. The van der Waals surface area contributed by atoms with Gasteiger partial charge in [0.1, 0.15) is 0 Å². The van der Waals surface area contributed by atoms with E-state index in [2.05, 4.69) is 37.9 Å². The van der Waals surface area contributed by atoms with Crippen molar-refractivity contribution in [1.29, 1.82) is 0 Å². The molecule has 0 aromatic carbocycles. The molecule has 1 aromatic rings. The molecule has 1 atom stereocenters. The molecule has 0 aliphatic heterocycles. The van der Waals surface area contributed by atoms with Crippen molar-refractivity contribution in [3.05, 3.63) is 29.1 Å². The Morgan fingerprint density at radius 1 is 1.22 bits per heavy atom. The van der Waals surface area contributed by atoms with Crippen molar-refractivity contribution < 1.29 is 0 Å². The molecule has 100 valence electrons. The van der Waals surface area contributed by atoms with Crippen molar-refractivity contribution in [2.75, 3.05) is 0 Å². The van der Waals surface area contributed by atoms with Gasteiger partial charge in [0.05, 0.1) is 5.69 Å². The molecule has 1 aliphatic carbocycles. The first kappa shape index (κ1) is 13.5. The lowest BCUT2D eigenvalue weighted by Crippen LogP contribution is -2.27. The van der Waals surface area contributed by atoms with Gasteiger partial charge < -0.3 is 5.73 Å². The van der Waals surface area contributed by atoms with Crippen LogP contribution in [0, 0.1) is 25.7 Å². The fourth-order valence-corrected chi connectivity index (χ4v) is 3.24. The Hall–Kier alpha value is -0.890. The molecule has 1 aromatic heterocycles.